The molecule has 5 heteroatoms. The highest BCUT2D eigenvalue weighted by Crippen LogP contribution is 2.26. The van der Waals surface area contributed by atoms with Gasteiger partial charge in [0.05, 0.1) is 6.54 Å². The van der Waals surface area contributed by atoms with Crippen LogP contribution in [0.3, 0.4) is 0 Å². The summed E-state index contributed by atoms with van der Waals surface area (Å²) in [6, 6.07) is 2.61. The van der Waals surface area contributed by atoms with Gasteiger partial charge in [-0.25, -0.2) is 9.67 Å². The van der Waals surface area contributed by atoms with Crippen LogP contribution in [0.2, 0.25) is 0 Å². The summed E-state index contributed by atoms with van der Waals surface area (Å²) in [6.45, 7) is 10.2. The molecule has 98 valence electrons. The second-order valence-electron chi connectivity index (χ2n) is 4.46. The first-order chi connectivity index (χ1) is 8.61. The summed E-state index contributed by atoms with van der Waals surface area (Å²) in [6.07, 6.45) is 1.62. The van der Waals surface area contributed by atoms with E-state index in [0.717, 1.165) is 18.9 Å². The molecular formula is C13H20N4S. The Balaban J connectivity index is 2.00. The minimum Gasteiger partial charge on any atom is -0.303 e. The smallest absolute Gasteiger partial charge is 0.140 e. The van der Waals surface area contributed by atoms with Gasteiger partial charge in [0.2, 0.25) is 0 Å². The van der Waals surface area contributed by atoms with Gasteiger partial charge in [-0.3, -0.25) is 0 Å². The molecule has 18 heavy (non-hydrogen) atoms. The molecule has 0 bridgehead atoms. The third-order valence-corrected chi connectivity index (χ3v) is 4.09. The first-order valence-corrected chi connectivity index (χ1v) is 7.10. The summed E-state index contributed by atoms with van der Waals surface area (Å²) in [4.78, 5) is 7.03. The first-order valence-electron chi connectivity index (χ1n) is 6.28. The summed E-state index contributed by atoms with van der Waals surface area (Å²) in [5.74, 6) is 0.994. The number of aryl methyl sites for hydroxylation is 3. The molecule has 2 heterocycles. The molecule has 0 saturated carbocycles. The SMILES string of the molecule is CCn1ncnc1CNC(C)c1cc(C)sc1C. The van der Waals surface area contributed by atoms with Crippen molar-refractivity contribution in [2.45, 2.75) is 46.8 Å². The second-order valence-corrected chi connectivity index (χ2v) is 5.92. The number of rotatable bonds is 5. The molecule has 0 aliphatic heterocycles. The number of hydrogen-bond donors (Lipinski definition) is 1. The van der Waals surface area contributed by atoms with Crippen LogP contribution in [0.1, 0.15) is 41.0 Å². The van der Waals surface area contributed by atoms with E-state index >= 15 is 0 Å². The fourth-order valence-electron chi connectivity index (χ4n) is 2.12. The third-order valence-electron chi connectivity index (χ3n) is 3.11. The lowest BCUT2D eigenvalue weighted by atomic mass is 10.1. The molecule has 1 unspecified atom stereocenters. The van der Waals surface area contributed by atoms with E-state index in [9.17, 15) is 0 Å². The van der Waals surface area contributed by atoms with Gasteiger partial charge in [0.1, 0.15) is 12.2 Å². The van der Waals surface area contributed by atoms with Crippen molar-refractivity contribution in [1.82, 2.24) is 20.1 Å². The minimum absolute atomic E-state index is 0.344. The number of aromatic nitrogens is 3. The van der Waals surface area contributed by atoms with E-state index in [1.165, 1.54) is 15.3 Å². The first kappa shape index (κ1) is 13.2. The molecule has 2 aromatic heterocycles. The Morgan fingerprint density at radius 1 is 1.44 bits per heavy atom. The number of thiophene rings is 1. The lowest BCUT2D eigenvalue weighted by Gasteiger charge is -2.13. The van der Waals surface area contributed by atoms with Crippen molar-refractivity contribution < 1.29 is 0 Å². The average molecular weight is 264 g/mol. The molecule has 0 spiro atoms. The van der Waals surface area contributed by atoms with Crippen LogP contribution in [0, 0.1) is 13.8 Å². The van der Waals surface area contributed by atoms with E-state index in [1.54, 1.807) is 6.33 Å². The Bertz CT molecular complexity index is 515. The van der Waals surface area contributed by atoms with Gasteiger partial charge in [0, 0.05) is 22.3 Å². The fourth-order valence-corrected chi connectivity index (χ4v) is 3.15. The quantitative estimate of drug-likeness (QED) is 0.903. The van der Waals surface area contributed by atoms with Gasteiger partial charge in [-0.15, -0.1) is 11.3 Å². The summed E-state index contributed by atoms with van der Waals surface area (Å²) in [5, 5.41) is 7.69. The van der Waals surface area contributed by atoms with E-state index in [2.05, 4.69) is 49.2 Å². The van der Waals surface area contributed by atoms with Crippen LogP contribution < -0.4 is 5.32 Å². The van der Waals surface area contributed by atoms with Crippen LogP contribution in [-0.4, -0.2) is 14.8 Å². The van der Waals surface area contributed by atoms with E-state index in [0.29, 0.717) is 6.04 Å². The Kier molecular flexibility index (Phi) is 4.14. The van der Waals surface area contributed by atoms with E-state index < -0.39 is 0 Å². The molecule has 0 radical (unpaired) electrons. The van der Waals surface area contributed by atoms with Gasteiger partial charge >= 0.3 is 0 Å². The number of nitrogens with zero attached hydrogens (tertiary/aromatic N) is 3. The number of nitrogens with one attached hydrogen (secondary N) is 1. The predicted octanol–water partition coefficient (Wildman–Crippen LogP) is 2.83. The van der Waals surface area contributed by atoms with Gasteiger partial charge in [-0.1, -0.05) is 0 Å². The molecule has 0 amide bonds. The molecule has 0 aliphatic carbocycles. The molecule has 0 aliphatic rings. The van der Waals surface area contributed by atoms with Gasteiger partial charge in [0.15, 0.2) is 0 Å². The largest absolute Gasteiger partial charge is 0.303 e. The van der Waals surface area contributed by atoms with Crippen molar-refractivity contribution in [2.75, 3.05) is 0 Å². The molecule has 1 atom stereocenters. The fraction of sp³-hybridized carbons (Fsp3) is 0.538. The van der Waals surface area contributed by atoms with Crippen LogP contribution in [0.25, 0.3) is 0 Å². The van der Waals surface area contributed by atoms with Gasteiger partial charge in [-0.2, -0.15) is 5.10 Å². The number of hydrogen-bond acceptors (Lipinski definition) is 4. The maximum absolute atomic E-state index is 4.27. The van der Waals surface area contributed by atoms with Gasteiger partial charge in [0.25, 0.3) is 0 Å². The van der Waals surface area contributed by atoms with Crippen LogP contribution in [0.15, 0.2) is 12.4 Å². The van der Waals surface area contributed by atoms with Crippen molar-refractivity contribution in [3.05, 3.63) is 33.5 Å². The Morgan fingerprint density at radius 2 is 2.22 bits per heavy atom. The summed E-state index contributed by atoms with van der Waals surface area (Å²) >= 11 is 1.86. The summed E-state index contributed by atoms with van der Waals surface area (Å²) in [5.41, 5.74) is 1.39. The van der Waals surface area contributed by atoms with Crippen LogP contribution in [0.5, 0.6) is 0 Å². The minimum atomic E-state index is 0.344. The highest BCUT2D eigenvalue weighted by Gasteiger charge is 2.12. The lowest BCUT2D eigenvalue weighted by Crippen LogP contribution is -2.21. The summed E-state index contributed by atoms with van der Waals surface area (Å²) in [7, 11) is 0. The Labute approximate surface area is 112 Å². The Morgan fingerprint density at radius 3 is 2.83 bits per heavy atom. The van der Waals surface area contributed by atoms with E-state index in [1.807, 2.05) is 16.0 Å². The average Bonchev–Trinajstić information content (AvgIpc) is 2.92. The van der Waals surface area contributed by atoms with Crippen molar-refractivity contribution in [3.63, 3.8) is 0 Å². The molecule has 0 saturated heterocycles. The second kappa shape index (κ2) is 5.63. The Hall–Kier alpha value is -1.20. The maximum Gasteiger partial charge on any atom is 0.140 e. The molecule has 2 rings (SSSR count). The highest BCUT2D eigenvalue weighted by atomic mass is 32.1. The summed E-state index contributed by atoms with van der Waals surface area (Å²) < 4.78 is 1.92. The molecule has 0 fully saturated rings. The molecule has 0 aromatic carbocycles. The molecular weight excluding hydrogens is 244 g/mol. The van der Waals surface area contributed by atoms with Crippen molar-refractivity contribution in [3.8, 4) is 0 Å². The van der Waals surface area contributed by atoms with Crippen LogP contribution in [0.4, 0.5) is 0 Å². The van der Waals surface area contributed by atoms with Crippen molar-refractivity contribution in [2.24, 2.45) is 0 Å². The molecule has 2 aromatic rings. The maximum atomic E-state index is 4.27. The molecule has 4 nitrogen and oxygen atoms in total. The van der Waals surface area contributed by atoms with E-state index in [4.69, 9.17) is 0 Å². The zero-order valence-corrected chi connectivity index (χ0v) is 12.2. The van der Waals surface area contributed by atoms with Crippen molar-refractivity contribution >= 4 is 11.3 Å². The topological polar surface area (TPSA) is 42.7 Å². The lowest BCUT2D eigenvalue weighted by molar-refractivity contribution is 0.523. The van der Waals surface area contributed by atoms with Gasteiger partial charge in [-0.05, 0) is 39.3 Å². The standard InChI is InChI=1S/C13H20N4S/c1-5-17-13(15-8-16-17)7-14-10(3)12-6-9(2)18-11(12)4/h6,8,10,14H,5,7H2,1-4H3. The normalized spacial score (nSPS) is 12.9. The molecule has 1 N–H and O–H groups in total. The van der Waals surface area contributed by atoms with E-state index in [-0.39, 0.29) is 0 Å². The van der Waals surface area contributed by atoms with Crippen molar-refractivity contribution in [1.29, 1.82) is 0 Å². The zero-order valence-electron chi connectivity index (χ0n) is 11.4. The highest BCUT2D eigenvalue weighted by molar-refractivity contribution is 7.12. The van der Waals surface area contributed by atoms with Crippen LogP contribution >= 0.6 is 11.3 Å². The zero-order chi connectivity index (χ0) is 13.1. The monoisotopic (exact) mass is 264 g/mol. The predicted molar refractivity (Wildman–Crippen MR) is 74.7 cm³/mol. The van der Waals surface area contributed by atoms with Gasteiger partial charge < -0.3 is 5.32 Å². The van der Waals surface area contributed by atoms with Crippen LogP contribution in [-0.2, 0) is 13.1 Å². The third kappa shape index (κ3) is 2.79.